The third-order valence-corrected chi connectivity index (χ3v) is 5.44. The Hall–Kier alpha value is -2.86. The molecule has 29 heavy (non-hydrogen) atoms. The average molecular weight is 393 g/mol. The highest BCUT2D eigenvalue weighted by Gasteiger charge is 2.26. The summed E-state index contributed by atoms with van der Waals surface area (Å²) in [6.45, 7) is 10.9. The molecule has 2 aromatic rings. The minimum atomic E-state index is -0.0791. The van der Waals surface area contributed by atoms with Gasteiger partial charge in [-0.1, -0.05) is 32.9 Å². The molecule has 6 heteroatoms. The number of ether oxygens (including phenoxy) is 1. The monoisotopic (exact) mass is 392 g/mol. The van der Waals surface area contributed by atoms with E-state index in [2.05, 4.69) is 22.0 Å². The number of hydrogen-bond acceptors (Lipinski definition) is 5. The first kappa shape index (κ1) is 19.5. The molecule has 6 nitrogen and oxygen atoms in total. The lowest BCUT2D eigenvalue weighted by molar-refractivity contribution is -0.118. The van der Waals surface area contributed by atoms with E-state index < -0.39 is 0 Å². The minimum absolute atomic E-state index is 0.00201. The quantitative estimate of drug-likeness (QED) is 0.854. The molecule has 1 amide bonds. The van der Waals surface area contributed by atoms with Gasteiger partial charge in [0.05, 0.1) is 5.56 Å². The van der Waals surface area contributed by atoms with Crippen molar-refractivity contribution in [1.29, 1.82) is 0 Å². The summed E-state index contributed by atoms with van der Waals surface area (Å²) in [5.74, 6) is 2.33. The molecule has 1 N–H and O–H groups in total. The van der Waals surface area contributed by atoms with Crippen molar-refractivity contribution in [2.24, 2.45) is 10.9 Å². The SMILES string of the molecule is CCN1CCN(C2=Nc3ccccc3Oc3ccc(NC(=O)C(C)C)cc32)CC1. The summed E-state index contributed by atoms with van der Waals surface area (Å²) < 4.78 is 6.21. The van der Waals surface area contributed by atoms with Crippen LogP contribution in [0, 0.1) is 5.92 Å². The topological polar surface area (TPSA) is 57.2 Å². The fourth-order valence-electron chi connectivity index (χ4n) is 3.60. The van der Waals surface area contributed by atoms with Crippen LogP contribution in [0.15, 0.2) is 47.5 Å². The van der Waals surface area contributed by atoms with E-state index in [1.54, 1.807) is 0 Å². The summed E-state index contributed by atoms with van der Waals surface area (Å²) >= 11 is 0. The molecular formula is C23H28N4O2. The standard InChI is InChI=1S/C23H28N4O2/c1-4-26-11-13-27(14-12-26)22-18-15-17(24-23(28)16(2)3)9-10-20(18)29-21-8-6-5-7-19(21)25-22/h5-10,15-16H,4,11-14H2,1-3H3,(H,24,28). The second-order valence-electron chi connectivity index (χ2n) is 7.78. The van der Waals surface area contributed by atoms with E-state index >= 15 is 0 Å². The normalized spacial score (nSPS) is 16.4. The molecule has 2 heterocycles. The zero-order chi connectivity index (χ0) is 20.4. The van der Waals surface area contributed by atoms with E-state index in [0.717, 1.165) is 67.0 Å². The molecule has 0 unspecified atom stereocenters. The molecule has 1 saturated heterocycles. The fourth-order valence-corrected chi connectivity index (χ4v) is 3.60. The molecule has 0 aliphatic carbocycles. The summed E-state index contributed by atoms with van der Waals surface area (Å²) in [5.41, 5.74) is 2.49. The van der Waals surface area contributed by atoms with Crippen LogP contribution in [-0.4, -0.2) is 54.3 Å². The number of piperazine rings is 1. The number of carbonyl (C=O) groups excluding carboxylic acids is 1. The fraction of sp³-hybridized carbons (Fsp3) is 0.391. The first-order valence-corrected chi connectivity index (χ1v) is 10.3. The summed E-state index contributed by atoms with van der Waals surface area (Å²) in [6.07, 6.45) is 0. The summed E-state index contributed by atoms with van der Waals surface area (Å²) in [5, 5.41) is 3.00. The molecule has 0 aromatic heterocycles. The molecule has 0 spiro atoms. The van der Waals surface area contributed by atoms with E-state index in [4.69, 9.17) is 9.73 Å². The van der Waals surface area contributed by atoms with Crippen molar-refractivity contribution in [3.05, 3.63) is 48.0 Å². The average Bonchev–Trinajstić information content (AvgIpc) is 2.90. The summed E-state index contributed by atoms with van der Waals surface area (Å²) in [6, 6.07) is 13.6. The Bertz CT molecular complexity index is 930. The third-order valence-electron chi connectivity index (χ3n) is 5.44. The number of para-hydroxylation sites is 2. The van der Waals surface area contributed by atoms with Gasteiger partial charge in [0, 0.05) is 37.8 Å². The Morgan fingerprint density at radius 1 is 1.10 bits per heavy atom. The highest BCUT2D eigenvalue weighted by Crippen LogP contribution is 2.39. The van der Waals surface area contributed by atoms with Gasteiger partial charge in [0.15, 0.2) is 5.75 Å². The van der Waals surface area contributed by atoms with Crippen LogP contribution in [-0.2, 0) is 4.79 Å². The number of nitrogens with zero attached hydrogens (tertiary/aromatic N) is 3. The molecule has 0 atom stereocenters. The maximum atomic E-state index is 12.2. The van der Waals surface area contributed by atoms with Crippen LogP contribution in [0.1, 0.15) is 26.3 Å². The van der Waals surface area contributed by atoms with Crippen molar-refractivity contribution < 1.29 is 9.53 Å². The highest BCUT2D eigenvalue weighted by atomic mass is 16.5. The molecular weight excluding hydrogens is 364 g/mol. The molecule has 0 radical (unpaired) electrons. The number of benzene rings is 2. The zero-order valence-electron chi connectivity index (χ0n) is 17.3. The van der Waals surface area contributed by atoms with E-state index in [0.29, 0.717) is 0 Å². The van der Waals surface area contributed by atoms with Crippen LogP contribution in [0.4, 0.5) is 11.4 Å². The number of nitrogens with one attached hydrogen (secondary N) is 1. The molecule has 0 bridgehead atoms. The number of carbonyl (C=O) groups is 1. The first-order chi connectivity index (χ1) is 14.0. The number of amidine groups is 1. The van der Waals surface area contributed by atoms with Gasteiger partial charge in [-0.15, -0.1) is 0 Å². The molecule has 0 saturated carbocycles. The minimum Gasteiger partial charge on any atom is -0.454 e. The number of rotatable bonds is 3. The smallest absolute Gasteiger partial charge is 0.226 e. The van der Waals surface area contributed by atoms with E-state index in [1.807, 2.05) is 56.3 Å². The maximum Gasteiger partial charge on any atom is 0.226 e. The first-order valence-electron chi connectivity index (χ1n) is 10.3. The van der Waals surface area contributed by atoms with Gasteiger partial charge in [0.2, 0.25) is 5.91 Å². The number of aliphatic imine (C=N–C) groups is 1. The molecule has 1 fully saturated rings. The lowest BCUT2D eigenvalue weighted by atomic mass is 10.1. The van der Waals surface area contributed by atoms with Gasteiger partial charge >= 0.3 is 0 Å². The molecule has 2 aliphatic rings. The summed E-state index contributed by atoms with van der Waals surface area (Å²) in [4.78, 5) is 22.0. The largest absolute Gasteiger partial charge is 0.454 e. The zero-order valence-corrected chi connectivity index (χ0v) is 17.3. The van der Waals surface area contributed by atoms with E-state index in [-0.39, 0.29) is 11.8 Å². The van der Waals surface area contributed by atoms with Gasteiger partial charge in [-0.05, 0) is 36.9 Å². The molecule has 152 valence electrons. The Kier molecular flexibility index (Phi) is 5.53. The van der Waals surface area contributed by atoms with Gasteiger partial charge in [0.25, 0.3) is 0 Å². The number of fused-ring (bicyclic) bond motifs is 2. The van der Waals surface area contributed by atoms with Crippen LogP contribution >= 0.6 is 0 Å². The van der Waals surface area contributed by atoms with Crippen molar-refractivity contribution in [2.45, 2.75) is 20.8 Å². The Morgan fingerprint density at radius 3 is 2.59 bits per heavy atom. The lowest BCUT2D eigenvalue weighted by Gasteiger charge is -2.36. The number of amides is 1. The molecule has 2 aliphatic heterocycles. The van der Waals surface area contributed by atoms with Crippen molar-refractivity contribution in [3.63, 3.8) is 0 Å². The van der Waals surface area contributed by atoms with Gasteiger partial charge in [-0.3, -0.25) is 4.79 Å². The molecule has 4 rings (SSSR count). The van der Waals surface area contributed by atoms with E-state index in [1.165, 1.54) is 0 Å². The second-order valence-corrected chi connectivity index (χ2v) is 7.78. The van der Waals surface area contributed by atoms with Crippen molar-refractivity contribution in [3.8, 4) is 11.5 Å². The Balaban J connectivity index is 1.74. The van der Waals surface area contributed by atoms with Crippen LogP contribution in [0.2, 0.25) is 0 Å². The Morgan fingerprint density at radius 2 is 1.86 bits per heavy atom. The van der Waals surface area contributed by atoms with Gasteiger partial charge < -0.3 is 19.9 Å². The van der Waals surface area contributed by atoms with Gasteiger partial charge in [0.1, 0.15) is 17.3 Å². The number of anilines is 1. The Labute approximate surface area is 172 Å². The van der Waals surface area contributed by atoms with Crippen LogP contribution < -0.4 is 10.1 Å². The van der Waals surface area contributed by atoms with Crippen molar-refractivity contribution in [2.75, 3.05) is 38.0 Å². The maximum absolute atomic E-state index is 12.2. The predicted molar refractivity (Wildman–Crippen MR) is 116 cm³/mol. The number of likely N-dealkylation sites (N-methyl/N-ethyl adjacent to an activating group) is 1. The van der Waals surface area contributed by atoms with Gasteiger partial charge in [-0.2, -0.15) is 0 Å². The number of hydrogen-bond donors (Lipinski definition) is 1. The van der Waals surface area contributed by atoms with Crippen LogP contribution in [0.3, 0.4) is 0 Å². The van der Waals surface area contributed by atoms with Crippen LogP contribution in [0.5, 0.6) is 11.5 Å². The van der Waals surface area contributed by atoms with Crippen molar-refractivity contribution in [1.82, 2.24) is 9.80 Å². The second kappa shape index (κ2) is 8.25. The lowest BCUT2D eigenvalue weighted by Crippen LogP contribution is -2.48. The summed E-state index contributed by atoms with van der Waals surface area (Å²) in [7, 11) is 0. The van der Waals surface area contributed by atoms with E-state index in [9.17, 15) is 4.79 Å². The predicted octanol–water partition coefficient (Wildman–Crippen LogP) is 4.10. The van der Waals surface area contributed by atoms with Gasteiger partial charge in [-0.25, -0.2) is 4.99 Å². The van der Waals surface area contributed by atoms with Crippen LogP contribution in [0.25, 0.3) is 0 Å². The van der Waals surface area contributed by atoms with Crippen molar-refractivity contribution >= 4 is 23.1 Å². The third kappa shape index (κ3) is 4.12. The highest BCUT2D eigenvalue weighted by molar-refractivity contribution is 6.05. The molecule has 2 aromatic carbocycles.